The summed E-state index contributed by atoms with van der Waals surface area (Å²) in [4.78, 5) is 20.7. The summed E-state index contributed by atoms with van der Waals surface area (Å²) in [5.41, 5.74) is 0.539. The van der Waals surface area contributed by atoms with Crippen LogP contribution in [0.3, 0.4) is 0 Å². The fourth-order valence-electron chi connectivity index (χ4n) is 2.22. The van der Waals surface area contributed by atoms with E-state index in [2.05, 4.69) is 4.72 Å². The normalized spacial score (nSPS) is 11.4. The zero-order valence-corrected chi connectivity index (χ0v) is 12.7. The van der Waals surface area contributed by atoms with Gasteiger partial charge in [-0.05, 0) is 32.4 Å². The highest BCUT2D eigenvalue weighted by Crippen LogP contribution is 2.31. The average molecular weight is 316 g/mol. The van der Waals surface area contributed by atoms with E-state index in [1.807, 2.05) is 0 Å². The summed E-state index contributed by atoms with van der Waals surface area (Å²) >= 11 is 0. The monoisotopic (exact) mass is 316 g/mol. The number of aliphatic carboxylic acids is 1. The van der Waals surface area contributed by atoms with Gasteiger partial charge in [-0.25, -0.2) is 13.1 Å². The van der Waals surface area contributed by atoms with E-state index in [0.717, 1.165) is 0 Å². The largest absolute Gasteiger partial charge is 0.481 e. The van der Waals surface area contributed by atoms with Crippen LogP contribution in [-0.2, 0) is 14.8 Å². The van der Waals surface area contributed by atoms with E-state index in [0.29, 0.717) is 11.1 Å². The number of carboxylic acids is 1. The molecule has 0 saturated heterocycles. The van der Waals surface area contributed by atoms with E-state index in [1.165, 1.54) is 26.8 Å². The van der Waals surface area contributed by atoms with Crippen LogP contribution in [-0.4, -0.2) is 31.0 Å². The molecular formula is C12H16N2O6S. The van der Waals surface area contributed by atoms with E-state index >= 15 is 0 Å². The Kier molecular flexibility index (Phi) is 5.02. The van der Waals surface area contributed by atoms with Gasteiger partial charge in [0.1, 0.15) is 0 Å². The molecule has 0 unspecified atom stereocenters. The first-order valence-corrected chi connectivity index (χ1v) is 7.53. The first-order valence-electron chi connectivity index (χ1n) is 6.04. The zero-order chi connectivity index (χ0) is 16.4. The molecule has 0 radical (unpaired) electrons. The summed E-state index contributed by atoms with van der Waals surface area (Å²) in [7, 11) is -4.01. The van der Waals surface area contributed by atoms with Gasteiger partial charge in [-0.15, -0.1) is 0 Å². The molecule has 0 aliphatic heterocycles. The van der Waals surface area contributed by atoms with Gasteiger partial charge in [0, 0.05) is 17.7 Å². The van der Waals surface area contributed by atoms with Crippen LogP contribution >= 0.6 is 0 Å². The summed E-state index contributed by atoms with van der Waals surface area (Å²) in [5.74, 6) is -1.14. The van der Waals surface area contributed by atoms with Gasteiger partial charge in [0.2, 0.25) is 10.0 Å². The molecule has 2 N–H and O–H groups in total. The minimum atomic E-state index is -4.01. The second-order valence-corrected chi connectivity index (χ2v) is 6.32. The average Bonchev–Trinajstić information content (AvgIpc) is 2.25. The number of benzene rings is 1. The van der Waals surface area contributed by atoms with Crippen molar-refractivity contribution in [2.45, 2.75) is 32.1 Å². The number of hydrogen-bond acceptors (Lipinski definition) is 5. The van der Waals surface area contributed by atoms with Gasteiger partial charge < -0.3 is 5.11 Å². The van der Waals surface area contributed by atoms with Crippen LogP contribution in [0.1, 0.15) is 23.1 Å². The molecular weight excluding hydrogens is 300 g/mol. The third-order valence-electron chi connectivity index (χ3n) is 2.94. The van der Waals surface area contributed by atoms with Crippen LogP contribution in [0.15, 0.2) is 11.0 Å². The van der Waals surface area contributed by atoms with Crippen LogP contribution in [0, 0.1) is 30.9 Å². The van der Waals surface area contributed by atoms with Crippen molar-refractivity contribution < 1.29 is 23.2 Å². The molecule has 9 heteroatoms. The van der Waals surface area contributed by atoms with Crippen LogP contribution in [0.4, 0.5) is 5.69 Å². The number of rotatable bonds is 6. The molecule has 8 nitrogen and oxygen atoms in total. The Hall–Kier alpha value is -2.00. The second-order valence-electron chi connectivity index (χ2n) is 4.61. The quantitative estimate of drug-likeness (QED) is 0.601. The van der Waals surface area contributed by atoms with E-state index in [-0.39, 0.29) is 29.1 Å². The van der Waals surface area contributed by atoms with Crippen molar-refractivity contribution in [3.8, 4) is 0 Å². The predicted octanol–water partition coefficient (Wildman–Crippen LogP) is 1.27. The minimum absolute atomic E-state index is 0.0420. The second kappa shape index (κ2) is 6.19. The van der Waals surface area contributed by atoms with Gasteiger partial charge in [0.15, 0.2) is 0 Å². The smallest absolute Gasteiger partial charge is 0.304 e. The SMILES string of the molecule is Cc1cc(C)c(S(=O)(=O)NCCC(=O)O)c(C)c1[N+](=O)[O-]. The molecule has 0 aliphatic rings. The molecule has 0 amide bonds. The molecule has 0 fully saturated rings. The number of carbonyl (C=O) groups is 1. The van der Waals surface area contributed by atoms with E-state index < -0.39 is 20.9 Å². The Balaban J connectivity index is 3.32. The minimum Gasteiger partial charge on any atom is -0.481 e. The molecule has 0 saturated carbocycles. The van der Waals surface area contributed by atoms with Crippen molar-refractivity contribution in [3.63, 3.8) is 0 Å². The fraction of sp³-hybridized carbons (Fsp3) is 0.417. The van der Waals surface area contributed by atoms with Crippen molar-refractivity contribution in [3.05, 3.63) is 32.9 Å². The number of sulfonamides is 1. The molecule has 0 spiro atoms. The summed E-state index contributed by atoms with van der Waals surface area (Å²) in [6.45, 7) is 4.16. The number of nitrogens with zero attached hydrogens (tertiary/aromatic N) is 1. The summed E-state index contributed by atoms with van der Waals surface area (Å²) < 4.78 is 26.6. The molecule has 0 heterocycles. The Bertz CT molecular complexity index is 696. The number of nitro benzene ring substituents is 1. The summed E-state index contributed by atoms with van der Waals surface area (Å²) in [6, 6.07) is 1.43. The van der Waals surface area contributed by atoms with Gasteiger partial charge in [0.05, 0.1) is 16.2 Å². The lowest BCUT2D eigenvalue weighted by atomic mass is 10.1. The molecule has 0 aliphatic carbocycles. The van der Waals surface area contributed by atoms with Crippen LogP contribution in [0.25, 0.3) is 0 Å². The van der Waals surface area contributed by atoms with Crippen LogP contribution in [0.5, 0.6) is 0 Å². The van der Waals surface area contributed by atoms with Gasteiger partial charge >= 0.3 is 5.97 Å². The van der Waals surface area contributed by atoms with Crippen LogP contribution in [0.2, 0.25) is 0 Å². The number of nitrogens with one attached hydrogen (secondary N) is 1. The lowest BCUT2D eigenvalue weighted by Gasteiger charge is -2.13. The maximum absolute atomic E-state index is 12.2. The van der Waals surface area contributed by atoms with Gasteiger partial charge in [-0.1, -0.05) is 0 Å². The molecule has 1 aromatic carbocycles. The maximum atomic E-state index is 12.2. The summed E-state index contributed by atoms with van der Waals surface area (Å²) in [6.07, 6.45) is -0.370. The number of aryl methyl sites for hydroxylation is 2. The molecule has 0 bridgehead atoms. The first-order chi connectivity index (χ1) is 9.58. The summed E-state index contributed by atoms with van der Waals surface area (Å²) in [5, 5.41) is 19.6. The fourth-order valence-corrected chi connectivity index (χ4v) is 3.71. The van der Waals surface area contributed by atoms with Gasteiger partial charge in [-0.2, -0.15) is 0 Å². The van der Waals surface area contributed by atoms with E-state index in [9.17, 15) is 23.3 Å². The standard InChI is InChI=1S/C12H16N2O6S/c1-7-6-8(2)12(9(3)11(7)14(17)18)21(19,20)13-5-4-10(15)16/h6,13H,4-5H2,1-3H3,(H,15,16). The van der Waals surface area contributed by atoms with Crippen molar-refractivity contribution in [2.75, 3.05) is 6.54 Å². The number of carboxylic acid groups (broad SMARTS) is 1. The molecule has 21 heavy (non-hydrogen) atoms. The lowest BCUT2D eigenvalue weighted by molar-refractivity contribution is -0.386. The Labute approximate surface area is 122 Å². The third kappa shape index (κ3) is 3.76. The Morgan fingerprint density at radius 2 is 1.90 bits per heavy atom. The predicted molar refractivity (Wildman–Crippen MR) is 74.7 cm³/mol. The van der Waals surface area contributed by atoms with E-state index in [1.54, 1.807) is 0 Å². The topological polar surface area (TPSA) is 127 Å². The highest BCUT2D eigenvalue weighted by atomic mass is 32.2. The molecule has 1 rings (SSSR count). The molecule has 0 aromatic heterocycles. The van der Waals surface area contributed by atoms with Crippen LogP contribution < -0.4 is 4.72 Å². The van der Waals surface area contributed by atoms with Crippen molar-refractivity contribution in [1.29, 1.82) is 0 Å². The first kappa shape index (κ1) is 17.1. The van der Waals surface area contributed by atoms with Crippen molar-refractivity contribution in [1.82, 2.24) is 4.72 Å². The zero-order valence-electron chi connectivity index (χ0n) is 11.8. The number of hydrogen-bond donors (Lipinski definition) is 2. The van der Waals surface area contributed by atoms with Crippen molar-refractivity contribution in [2.24, 2.45) is 0 Å². The third-order valence-corrected chi connectivity index (χ3v) is 4.69. The molecule has 1 aromatic rings. The van der Waals surface area contributed by atoms with Gasteiger partial charge in [0.25, 0.3) is 5.69 Å². The number of nitro groups is 1. The lowest BCUT2D eigenvalue weighted by Crippen LogP contribution is -2.28. The van der Waals surface area contributed by atoms with Crippen molar-refractivity contribution >= 4 is 21.7 Å². The highest BCUT2D eigenvalue weighted by Gasteiger charge is 2.27. The highest BCUT2D eigenvalue weighted by molar-refractivity contribution is 7.89. The maximum Gasteiger partial charge on any atom is 0.304 e. The molecule has 0 atom stereocenters. The van der Waals surface area contributed by atoms with E-state index in [4.69, 9.17) is 5.11 Å². The Morgan fingerprint density at radius 1 is 1.33 bits per heavy atom. The molecule has 116 valence electrons. The Morgan fingerprint density at radius 3 is 2.38 bits per heavy atom. The van der Waals surface area contributed by atoms with Gasteiger partial charge in [-0.3, -0.25) is 14.9 Å².